The molecule has 0 spiro atoms. The van der Waals surface area contributed by atoms with E-state index in [1.165, 1.54) is 0 Å². The van der Waals surface area contributed by atoms with Gasteiger partial charge in [0.2, 0.25) is 0 Å². The average molecular weight is 252 g/mol. The molecule has 1 heterocycles. The highest BCUT2D eigenvalue weighted by Gasteiger charge is 2.01. The van der Waals surface area contributed by atoms with E-state index in [0.29, 0.717) is 28.7 Å². The Labute approximate surface area is 84.2 Å². The summed E-state index contributed by atoms with van der Waals surface area (Å²) in [6, 6.07) is 0. The first kappa shape index (κ1) is 9.89. The molecule has 0 bridgehead atoms. The van der Waals surface area contributed by atoms with E-state index in [1.807, 2.05) is 6.92 Å². The number of hydrogen-bond acceptors (Lipinski definition) is 3. The second-order valence-corrected chi connectivity index (χ2v) is 3.27. The van der Waals surface area contributed by atoms with Crippen LogP contribution in [-0.2, 0) is 11.3 Å². The lowest BCUT2D eigenvalue weighted by Gasteiger charge is -2.00. The number of aromatic nitrogens is 2. The Kier molecular flexibility index (Phi) is 3.91. The van der Waals surface area contributed by atoms with Crippen LogP contribution in [0, 0.1) is 0 Å². The molecule has 0 aromatic carbocycles. The van der Waals surface area contributed by atoms with Crippen molar-refractivity contribution in [1.29, 1.82) is 0 Å². The minimum Gasteiger partial charge on any atom is -0.374 e. The molecular weight excluding hydrogens is 243 g/mol. The number of nitrogens with zero attached hydrogens (tertiary/aromatic N) is 2. The third kappa shape index (κ3) is 2.69. The van der Waals surface area contributed by atoms with Gasteiger partial charge in [0.15, 0.2) is 5.82 Å². The van der Waals surface area contributed by atoms with E-state index in [9.17, 15) is 0 Å². The lowest BCUT2D eigenvalue weighted by Crippen LogP contribution is -1.98. The maximum Gasteiger partial charge on any atom is 0.155 e. The number of rotatable bonds is 3. The quantitative estimate of drug-likeness (QED) is 0.774. The molecule has 66 valence electrons. The predicted molar refractivity (Wildman–Crippen MR) is 50.1 cm³/mol. The third-order valence-electron chi connectivity index (χ3n) is 1.19. The van der Waals surface area contributed by atoms with Crippen molar-refractivity contribution in [3.05, 3.63) is 21.6 Å². The molecule has 0 aliphatic heterocycles. The lowest BCUT2D eigenvalue weighted by molar-refractivity contribution is 0.128. The van der Waals surface area contributed by atoms with Crippen LogP contribution in [-0.4, -0.2) is 16.6 Å². The van der Waals surface area contributed by atoms with Crippen molar-refractivity contribution in [2.24, 2.45) is 0 Å². The minimum absolute atomic E-state index is 0.406. The van der Waals surface area contributed by atoms with E-state index < -0.39 is 0 Å². The van der Waals surface area contributed by atoms with E-state index >= 15 is 0 Å². The van der Waals surface area contributed by atoms with Crippen LogP contribution in [0.25, 0.3) is 0 Å². The summed E-state index contributed by atoms with van der Waals surface area (Å²) in [5.74, 6) is 0.602. The van der Waals surface area contributed by atoms with Crippen LogP contribution < -0.4 is 0 Å². The zero-order valence-corrected chi connectivity index (χ0v) is 8.89. The molecule has 0 unspecified atom stereocenters. The largest absolute Gasteiger partial charge is 0.374 e. The van der Waals surface area contributed by atoms with Crippen molar-refractivity contribution in [3.8, 4) is 0 Å². The molecule has 5 heteroatoms. The molecular formula is C7H8BrClN2O. The fourth-order valence-electron chi connectivity index (χ4n) is 0.643. The van der Waals surface area contributed by atoms with Gasteiger partial charge in [-0.25, -0.2) is 9.97 Å². The fraction of sp³-hybridized carbons (Fsp3) is 0.429. The van der Waals surface area contributed by atoms with Crippen LogP contribution in [0.3, 0.4) is 0 Å². The van der Waals surface area contributed by atoms with Crippen molar-refractivity contribution in [3.63, 3.8) is 0 Å². The van der Waals surface area contributed by atoms with Gasteiger partial charge in [-0.15, -0.1) is 0 Å². The molecule has 0 N–H and O–H groups in total. The molecule has 0 radical (unpaired) electrons. The molecule has 0 saturated heterocycles. The highest BCUT2D eigenvalue weighted by Crippen LogP contribution is 2.18. The first-order chi connectivity index (χ1) is 5.74. The number of hydrogen-bond donors (Lipinski definition) is 0. The van der Waals surface area contributed by atoms with Gasteiger partial charge in [0.25, 0.3) is 0 Å². The molecule has 1 aromatic rings. The van der Waals surface area contributed by atoms with Crippen molar-refractivity contribution in [2.45, 2.75) is 13.5 Å². The minimum atomic E-state index is 0.406. The summed E-state index contributed by atoms with van der Waals surface area (Å²) in [5.41, 5.74) is 0. The molecule has 3 nitrogen and oxygen atoms in total. The standard InChI is InChI=1S/C7H8BrClN2O/c1-2-12-4-6-10-3-5(8)7(9)11-6/h3H,2,4H2,1H3. The number of halogens is 2. The molecule has 0 aliphatic rings. The zero-order chi connectivity index (χ0) is 8.97. The van der Waals surface area contributed by atoms with Gasteiger partial charge in [-0.05, 0) is 22.9 Å². The van der Waals surface area contributed by atoms with Crippen molar-refractivity contribution < 1.29 is 4.74 Å². The Balaban J connectivity index is 2.69. The molecule has 1 aromatic heterocycles. The molecule has 12 heavy (non-hydrogen) atoms. The Hall–Kier alpha value is -0.190. The van der Waals surface area contributed by atoms with Crippen LogP contribution in [0.2, 0.25) is 5.15 Å². The van der Waals surface area contributed by atoms with Gasteiger partial charge in [0.1, 0.15) is 11.8 Å². The van der Waals surface area contributed by atoms with Crippen LogP contribution in [0.5, 0.6) is 0 Å². The van der Waals surface area contributed by atoms with E-state index in [2.05, 4.69) is 25.9 Å². The number of ether oxygens (including phenoxy) is 1. The third-order valence-corrected chi connectivity index (χ3v) is 2.28. The van der Waals surface area contributed by atoms with E-state index in [-0.39, 0.29) is 0 Å². The summed E-state index contributed by atoms with van der Waals surface area (Å²) in [6.45, 7) is 2.97. The maximum absolute atomic E-state index is 5.74. The first-order valence-corrected chi connectivity index (χ1v) is 4.65. The molecule has 0 fully saturated rings. The summed E-state index contributed by atoms with van der Waals surface area (Å²) >= 11 is 8.94. The van der Waals surface area contributed by atoms with Crippen molar-refractivity contribution in [2.75, 3.05) is 6.61 Å². The van der Waals surface area contributed by atoms with Gasteiger partial charge in [0.05, 0.1) is 4.47 Å². The molecule has 0 atom stereocenters. The van der Waals surface area contributed by atoms with Crippen LogP contribution in [0.4, 0.5) is 0 Å². The van der Waals surface area contributed by atoms with Crippen LogP contribution in [0.15, 0.2) is 10.7 Å². The summed E-state index contributed by atoms with van der Waals surface area (Å²) in [6.07, 6.45) is 1.61. The first-order valence-electron chi connectivity index (χ1n) is 3.48. The average Bonchev–Trinajstić information content (AvgIpc) is 2.07. The second kappa shape index (κ2) is 4.74. The Morgan fingerprint density at radius 1 is 1.67 bits per heavy atom. The van der Waals surface area contributed by atoms with Gasteiger partial charge in [-0.1, -0.05) is 11.6 Å². The van der Waals surface area contributed by atoms with Gasteiger partial charge < -0.3 is 4.74 Å². The van der Waals surface area contributed by atoms with Gasteiger partial charge >= 0.3 is 0 Å². The smallest absolute Gasteiger partial charge is 0.155 e. The molecule has 0 aliphatic carbocycles. The zero-order valence-electron chi connectivity index (χ0n) is 6.55. The summed E-state index contributed by atoms with van der Waals surface area (Å²) < 4.78 is 5.81. The van der Waals surface area contributed by atoms with Crippen molar-refractivity contribution >= 4 is 27.5 Å². The normalized spacial score (nSPS) is 10.2. The van der Waals surface area contributed by atoms with Gasteiger partial charge in [0, 0.05) is 12.8 Å². The lowest BCUT2D eigenvalue weighted by atomic mass is 10.6. The Morgan fingerprint density at radius 2 is 2.42 bits per heavy atom. The van der Waals surface area contributed by atoms with Gasteiger partial charge in [-0.2, -0.15) is 0 Å². The SMILES string of the molecule is CCOCc1ncc(Br)c(Cl)n1. The fourth-order valence-corrected chi connectivity index (χ4v) is 0.980. The monoisotopic (exact) mass is 250 g/mol. The van der Waals surface area contributed by atoms with E-state index in [1.54, 1.807) is 6.20 Å². The second-order valence-electron chi connectivity index (χ2n) is 2.06. The Morgan fingerprint density at radius 3 is 3.00 bits per heavy atom. The summed E-state index contributed by atoms with van der Waals surface area (Å²) in [4.78, 5) is 8.00. The highest BCUT2D eigenvalue weighted by molar-refractivity contribution is 9.10. The van der Waals surface area contributed by atoms with E-state index in [4.69, 9.17) is 16.3 Å². The highest BCUT2D eigenvalue weighted by atomic mass is 79.9. The molecule has 0 saturated carbocycles. The molecule has 0 amide bonds. The predicted octanol–water partition coefficient (Wildman–Crippen LogP) is 2.43. The van der Waals surface area contributed by atoms with Crippen molar-refractivity contribution in [1.82, 2.24) is 9.97 Å². The van der Waals surface area contributed by atoms with E-state index in [0.717, 1.165) is 0 Å². The molecule has 1 rings (SSSR count). The maximum atomic E-state index is 5.74. The topological polar surface area (TPSA) is 35.0 Å². The summed E-state index contributed by atoms with van der Waals surface area (Å²) in [7, 11) is 0. The van der Waals surface area contributed by atoms with Gasteiger partial charge in [-0.3, -0.25) is 0 Å². The van der Waals surface area contributed by atoms with Crippen LogP contribution >= 0.6 is 27.5 Å². The van der Waals surface area contributed by atoms with Crippen LogP contribution in [0.1, 0.15) is 12.7 Å². The Bertz CT molecular complexity index is 270. The summed E-state index contributed by atoms with van der Waals surface area (Å²) in [5, 5.41) is 0.416.